The van der Waals surface area contributed by atoms with E-state index in [1.54, 1.807) is 35.4 Å². The van der Waals surface area contributed by atoms with Gasteiger partial charge in [-0.15, -0.1) is 0 Å². The molecule has 2 N–H and O–H groups in total. The van der Waals surface area contributed by atoms with Crippen LogP contribution >= 0.6 is 0 Å². The second kappa shape index (κ2) is 8.99. The summed E-state index contributed by atoms with van der Waals surface area (Å²) in [5.41, 5.74) is 2.80. The Morgan fingerprint density at radius 1 is 1.00 bits per heavy atom. The molecule has 1 aromatic heterocycles. The number of phenolic OH excluding ortho intramolecular Hbond substituents is 1. The Hall–Kier alpha value is -3.41. The number of rotatable bonds is 7. The molecule has 3 aromatic rings. The lowest BCUT2D eigenvalue weighted by Gasteiger charge is -2.23. The van der Waals surface area contributed by atoms with Crippen molar-refractivity contribution in [2.45, 2.75) is 19.6 Å². The van der Waals surface area contributed by atoms with E-state index in [1.807, 2.05) is 55.4 Å². The number of hydrogen-bond acceptors (Lipinski definition) is 4. The van der Waals surface area contributed by atoms with E-state index in [-0.39, 0.29) is 18.3 Å². The van der Waals surface area contributed by atoms with Crippen molar-refractivity contribution in [2.75, 3.05) is 19.0 Å². The van der Waals surface area contributed by atoms with Crippen molar-refractivity contribution in [3.8, 4) is 5.75 Å². The van der Waals surface area contributed by atoms with Gasteiger partial charge in [-0.1, -0.05) is 30.3 Å². The zero-order valence-electron chi connectivity index (χ0n) is 16.1. The predicted octanol–water partition coefficient (Wildman–Crippen LogP) is 3.96. The van der Waals surface area contributed by atoms with Gasteiger partial charge in [0.15, 0.2) is 0 Å². The van der Waals surface area contributed by atoms with Gasteiger partial charge in [-0.05, 0) is 35.9 Å². The normalized spacial score (nSPS) is 10.5. The molecule has 0 atom stereocenters. The lowest BCUT2D eigenvalue weighted by Crippen LogP contribution is -2.38. The molecule has 0 aliphatic carbocycles. The Morgan fingerprint density at radius 2 is 1.75 bits per heavy atom. The highest BCUT2D eigenvalue weighted by atomic mass is 16.3. The average molecular weight is 379 g/mol. The Labute approximate surface area is 165 Å². The van der Waals surface area contributed by atoms with E-state index in [0.29, 0.717) is 24.4 Å². The van der Waals surface area contributed by atoms with Crippen LogP contribution in [-0.4, -0.2) is 30.1 Å². The summed E-state index contributed by atoms with van der Waals surface area (Å²) in [4.78, 5) is 16.5. The summed E-state index contributed by atoms with van der Waals surface area (Å²) in [6, 6.07) is 18.4. The van der Waals surface area contributed by atoms with Gasteiger partial charge in [0.1, 0.15) is 11.5 Å². The highest BCUT2D eigenvalue weighted by Crippen LogP contribution is 2.19. The minimum Gasteiger partial charge on any atom is -0.508 e. The smallest absolute Gasteiger partial charge is 0.318 e. The second-order valence-corrected chi connectivity index (χ2v) is 6.78. The summed E-state index contributed by atoms with van der Waals surface area (Å²) in [5.74, 6) is 0.847. The minimum atomic E-state index is -0.226. The van der Waals surface area contributed by atoms with Crippen molar-refractivity contribution in [1.29, 1.82) is 0 Å². The molecule has 6 heteroatoms. The van der Waals surface area contributed by atoms with E-state index in [4.69, 9.17) is 4.42 Å². The molecule has 0 saturated heterocycles. The maximum absolute atomic E-state index is 12.8. The molecule has 0 spiro atoms. The number of aromatic hydroxyl groups is 1. The number of benzene rings is 2. The van der Waals surface area contributed by atoms with E-state index in [9.17, 15) is 9.90 Å². The van der Waals surface area contributed by atoms with Crippen molar-refractivity contribution >= 4 is 11.7 Å². The summed E-state index contributed by atoms with van der Waals surface area (Å²) in [5, 5.41) is 13.0. The molecule has 0 radical (unpaired) electrons. The quantitative estimate of drug-likeness (QED) is 0.652. The van der Waals surface area contributed by atoms with Gasteiger partial charge in [0.25, 0.3) is 0 Å². The maximum atomic E-state index is 12.8. The lowest BCUT2D eigenvalue weighted by molar-refractivity contribution is 0.186. The predicted molar refractivity (Wildman–Crippen MR) is 109 cm³/mol. The van der Waals surface area contributed by atoms with Crippen molar-refractivity contribution < 1.29 is 14.3 Å². The van der Waals surface area contributed by atoms with Crippen molar-refractivity contribution in [3.05, 3.63) is 83.8 Å². The third-order valence-corrected chi connectivity index (χ3v) is 4.46. The number of nitrogens with one attached hydrogen (secondary N) is 1. The van der Waals surface area contributed by atoms with Gasteiger partial charge in [0.05, 0.1) is 19.4 Å². The third-order valence-electron chi connectivity index (χ3n) is 4.46. The van der Waals surface area contributed by atoms with Gasteiger partial charge in [-0.3, -0.25) is 0 Å². The van der Waals surface area contributed by atoms with Crippen LogP contribution in [0.5, 0.6) is 5.75 Å². The van der Waals surface area contributed by atoms with Gasteiger partial charge < -0.3 is 24.6 Å². The van der Waals surface area contributed by atoms with Crippen molar-refractivity contribution in [3.63, 3.8) is 0 Å². The first-order valence-electron chi connectivity index (χ1n) is 9.11. The molecule has 28 heavy (non-hydrogen) atoms. The van der Waals surface area contributed by atoms with Crippen LogP contribution < -0.4 is 10.2 Å². The molecule has 2 amide bonds. The van der Waals surface area contributed by atoms with Crippen LogP contribution in [0.2, 0.25) is 0 Å². The van der Waals surface area contributed by atoms with Crippen LogP contribution in [0.4, 0.5) is 10.5 Å². The number of amides is 2. The molecular formula is C22H25N3O3. The first-order chi connectivity index (χ1) is 13.5. The van der Waals surface area contributed by atoms with Crippen LogP contribution in [-0.2, 0) is 19.6 Å². The molecule has 0 bridgehead atoms. The van der Waals surface area contributed by atoms with Crippen LogP contribution in [0.3, 0.4) is 0 Å². The van der Waals surface area contributed by atoms with E-state index in [1.165, 1.54) is 0 Å². The molecule has 0 saturated carbocycles. The first kappa shape index (κ1) is 19.4. The molecule has 3 rings (SSSR count). The van der Waals surface area contributed by atoms with E-state index >= 15 is 0 Å². The van der Waals surface area contributed by atoms with Crippen molar-refractivity contribution in [1.82, 2.24) is 10.2 Å². The number of phenols is 1. The fourth-order valence-electron chi connectivity index (χ4n) is 2.84. The molecule has 1 heterocycles. The molecule has 0 fully saturated rings. The SMILES string of the molecule is CN(C)c1ccc(CNC(=O)N(Cc2ccco2)Cc2ccccc2O)cc1. The molecule has 0 aliphatic heterocycles. The topological polar surface area (TPSA) is 69.0 Å². The Kier molecular flexibility index (Phi) is 6.22. The maximum Gasteiger partial charge on any atom is 0.318 e. The Balaban J connectivity index is 1.68. The number of carbonyl (C=O) groups is 1. The molecule has 0 aliphatic rings. The van der Waals surface area contributed by atoms with Crippen LogP contribution in [0.25, 0.3) is 0 Å². The highest BCUT2D eigenvalue weighted by molar-refractivity contribution is 5.74. The first-order valence-corrected chi connectivity index (χ1v) is 9.11. The van der Waals surface area contributed by atoms with E-state index < -0.39 is 0 Å². The van der Waals surface area contributed by atoms with Gasteiger partial charge in [0, 0.05) is 31.9 Å². The van der Waals surface area contributed by atoms with Gasteiger partial charge in [-0.25, -0.2) is 4.79 Å². The largest absolute Gasteiger partial charge is 0.508 e. The number of hydrogen-bond donors (Lipinski definition) is 2. The lowest BCUT2D eigenvalue weighted by atomic mass is 10.2. The third kappa shape index (κ3) is 5.07. The average Bonchev–Trinajstić information content (AvgIpc) is 3.20. The molecule has 146 valence electrons. The van der Waals surface area contributed by atoms with Gasteiger partial charge in [-0.2, -0.15) is 0 Å². The van der Waals surface area contributed by atoms with Gasteiger partial charge >= 0.3 is 6.03 Å². The molecule has 2 aromatic carbocycles. The number of furan rings is 1. The number of urea groups is 1. The standard InChI is InChI=1S/C22H25N3O3/c1-24(2)19-11-9-17(10-12-19)14-23-22(27)25(16-20-7-5-13-28-20)15-18-6-3-4-8-21(18)26/h3-13,26H,14-16H2,1-2H3,(H,23,27). The number of carbonyl (C=O) groups excluding carboxylic acids is 1. The molecule has 0 unspecified atom stereocenters. The summed E-state index contributed by atoms with van der Waals surface area (Å²) in [6.45, 7) is 1.01. The Bertz CT molecular complexity index is 890. The van der Waals surface area contributed by atoms with E-state index in [2.05, 4.69) is 5.32 Å². The molecule has 6 nitrogen and oxygen atoms in total. The monoisotopic (exact) mass is 379 g/mol. The van der Waals surface area contributed by atoms with Crippen LogP contribution in [0.1, 0.15) is 16.9 Å². The summed E-state index contributed by atoms with van der Waals surface area (Å²) >= 11 is 0. The summed E-state index contributed by atoms with van der Waals surface area (Å²) in [7, 11) is 3.98. The van der Waals surface area contributed by atoms with Crippen molar-refractivity contribution in [2.24, 2.45) is 0 Å². The fourth-order valence-corrected chi connectivity index (χ4v) is 2.84. The number of anilines is 1. The minimum absolute atomic E-state index is 0.166. The summed E-state index contributed by atoms with van der Waals surface area (Å²) in [6.07, 6.45) is 1.58. The van der Waals surface area contributed by atoms with Crippen LogP contribution in [0, 0.1) is 0 Å². The van der Waals surface area contributed by atoms with Gasteiger partial charge in [0.2, 0.25) is 0 Å². The second-order valence-electron chi connectivity index (χ2n) is 6.78. The Morgan fingerprint density at radius 3 is 2.39 bits per heavy atom. The fraction of sp³-hybridized carbons (Fsp3) is 0.227. The molecular weight excluding hydrogens is 354 g/mol. The van der Waals surface area contributed by atoms with E-state index in [0.717, 1.165) is 11.3 Å². The number of para-hydroxylation sites is 1. The van der Waals surface area contributed by atoms with Crippen LogP contribution in [0.15, 0.2) is 71.3 Å². The number of nitrogens with zero attached hydrogens (tertiary/aromatic N) is 2. The zero-order valence-corrected chi connectivity index (χ0v) is 16.1. The zero-order chi connectivity index (χ0) is 19.9. The highest BCUT2D eigenvalue weighted by Gasteiger charge is 2.17. The summed E-state index contributed by atoms with van der Waals surface area (Å²) < 4.78 is 5.39.